The Hall–Kier alpha value is -3.10. The Kier molecular flexibility index (Phi) is 5.50. The van der Waals surface area contributed by atoms with Crippen LogP contribution in [0.25, 0.3) is 11.8 Å². The molecule has 0 amide bonds. The molecule has 1 heterocycles. The van der Waals surface area contributed by atoms with Crippen molar-refractivity contribution in [3.63, 3.8) is 0 Å². The summed E-state index contributed by atoms with van der Waals surface area (Å²) in [5, 5.41) is 4.55. The Balaban J connectivity index is 1.37. The van der Waals surface area contributed by atoms with Crippen molar-refractivity contribution in [2.75, 3.05) is 0 Å². The van der Waals surface area contributed by atoms with Crippen molar-refractivity contribution in [3.8, 4) is 5.69 Å². The Morgan fingerprint density at radius 1 is 1.06 bits per heavy atom. The molecule has 0 N–H and O–H groups in total. The van der Waals surface area contributed by atoms with Crippen molar-refractivity contribution in [3.05, 3.63) is 83.4 Å². The third kappa shape index (κ3) is 3.74. The minimum Gasteiger partial charge on any atom is -0.299 e. The summed E-state index contributed by atoms with van der Waals surface area (Å²) in [6.07, 6.45) is 7.82. The summed E-state index contributed by atoms with van der Waals surface area (Å²) in [7, 11) is -3.67. The first-order valence-electron chi connectivity index (χ1n) is 12.4. The fourth-order valence-electron chi connectivity index (χ4n) is 6.00. The monoisotopic (exact) mass is 505 g/mol. The Bertz CT molecular complexity index is 1460. The second kappa shape index (κ2) is 8.49. The summed E-state index contributed by atoms with van der Waals surface area (Å²) in [5.41, 5.74) is 2.90. The number of ketones is 1. The van der Waals surface area contributed by atoms with Gasteiger partial charge in [0.05, 0.1) is 27.9 Å². The van der Waals surface area contributed by atoms with Gasteiger partial charge in [-0.15, -0.1) is 0 Å². The highest BCUT2D eigenvalue weighted by molar-refractivity contribution is 7.89. The van der Waals surface area contributed by atoms with E-state index in [0.29, 0.717) is 30.6 Å². The highest BCUT2D eigenvalue weighted by atomic mass is 32.2. The minimum absolute atomic E-state index is 0.00452. The van der Waals surface area contributed by atoms with Crippen molar-refractivity contribution in [1.82, 2.24) is 14.1 Å². The number of Topliss-reactive ketones (excluding diaryl/α,β-unsaturated/α-hetero) is 1. The Morgan fingerprint density at radius 3 is 2.44 bits per heavy atom. The third-order valence-electron chi connectivity index (χ3n) is 7.97. The standard InChI is InChI=1S/C28H28FN3O3S/c1-19(33)28-16-20-18-30-31(23-11-8-22(29)9-12-23)27(20)15-21(28)7-10-25(17-28)32(24-13-14-24)36(34,35)26-5-3-2-4-6-26/h2-6,8-9,11-12,15,18,24-25H,7,10,13-14,16-17H2,1H3/t25-,28+/m0/s1. The van der Waals surface area contributed by atoms with Crippen LogP contribution in [0.5, 0.6) is 0 Å². The molecular weight excluding hydrogens is 477 g/mol. The van der Waals surface area contributed by atoms with Crippen molar-refractivity contribution in [2.45, 2.75) is 62.4 Å². The molecular formula is C28H28FN3O3S. The van der Waals surface area contributed by atoms with Gasteiger partial charge in [0.15, 0.2) is 0 Å². The molecule has 186 valence electrons. The molecule has 0 spiro atoms. The fraction of sp³-hybridized carbons (Fsp3) is 0.357. The Labute approximate surface area is 210 Å². The van der Waals surface area contributed by atoms with E-state index in [1.807, 2.05) is 6.07 Å². The van der Waals surface area contributed by atoms with Gasteiger partial charge in [-0.1, -0.05) is 23.8 Å². The van der Waals surface area contributed by atoms with Gasteiger partial charge < -0.3 is 0 Å². The van der Waals surface area contributed by atoms with Crippen LogP contribution in [0.2, 0.25) is 0 Å². The van der Waals surface area contributed by atoms with Crippen molar-refractivity contribution in [1.29, 1.82) is 0 Å². The number of hydrogen-bond acceptors (Lipinski definition) is 4. The van der Waals surface area contributed by atoms with Gasteiger partial charge in [-0.3, -0.25) is 4.79 Å². The molecule has 36 heavy (non-hydrogen) atoms. The number of aromatic nitrogens is 2. The largest absolute Gasteiger partial charge is 0.299 e. The van der Waals surface area contributed by atoms with Gasteiger partial charge in [-0.2, -0.15) is 9.40 Å². The van der Waals surface area contributed by atoms with Crippen LogP contribution in [-0.2, 0) is 21.2 Å². The van der Waals surface area contributed by atoms with Crippen LogP contribution in [0, 0.1) is 11.2 Å². The van der Waals surface area contributed by atoms with E-state index in [2.05, 4.69) is 11.2 Å². The van der Waals surface area contributed by atoms with Crippen molar-refractivity contribution >= 4 is 21.9 Å². The lowest BCUT2D eigenvalue weighted by Crippen LogP contribution is -2.50. The van der Waals surface area contributed by atoms with Crippen LogP contribution < -0.4 is 0 Å². The quantitative estimate of drug-likeness (QED) is 0.476. The van der Waals surface area contributed by atoms with Crippen LogP contribution in [0.3, 0.4) is 0 Å². The second-order valence-corrected chi connectivity index (χ2v) is 12.0. The lowest BCUT2D eigenvalue weighted by molar-refractivity contribution is -0.126. The fourth-order valence-corrected chi connectivity index (χ4v) is 7.92. The van der Waals surface area contributed by atoms with E-state index >= 15 is 0 Å². The molecule has 0 unspecified atom stereocenters. The number of rotatable bonds is 6. The number of benzene rings is 2. The predicted octanol–water partition coefficient (Wildman–Crippen LogP) is 4.93. The van der Waals surface area contributed by atoms with E-state index in [4.69, 9.17) is 0 Å². The van der Waals surface area contributed by atoms with Crippen LogP contribution in [0.15, 0.2) is 71.3 Å². The summed E-state index contributed by atoms with van der Waals surface area (Å²) < 4.78 is 44.4. The average molecular weight is 506 g/mol. The van der Waals surface area contributed by atoms with Crippen molar-refractivity contribution in [2.24, 2.45) is 5.41 Å². The molecule has 0 aliphatic heterocycles. The van der Waals surface area contributed by atoms with Crippen LogP contribution >= 0.6 is 0 Å². The molecule has 1 aromatic heterocycles. The molecule has 0 bridgehead atoms. The van der Waals surface area contributed by atoms with Gasteiger partial charge in [0, 0.05) is 12.1 Å². The molecule has 3 aliphatic carbocycles. The normalized spacial score (nSPS) is 23.6. The summed E-state index contributed by atoms with van der Waals surface area (Å²) in [4.78, 5) is 13.6. The number of carbonyl (C=O) groups excluding carboxylic acids is 1. The minimum atomic E-state index is -3.67. The maximum Gasteiger partial charge on any atom is 0.243 e. The topological polar surface area (TPSA) is 72.3 Å². The van der Waals surface area contributed by atoms with Gasteiger partial charge in [0.25, 0.3) is 0 Å². The van der Waals surface area contributed by atoms with E-state index in [1.54, 1.807) is 58.5 Å². The van der Waals surface area contributed by atoms with Crippen LogP contribution in [-0.4, -0.2) is 40.4 Å². The molecule has 3 aliphatic rings. The number of allylic oxidation sites excluding steroid dienone is 1. The second-order valence-electron chi connectivity index (χ2n) is 10.2. The van der Waals surface area contributed by atoms with E-state index in [1.165, 1.54) is 12.1 Å². The summed E-state index contributed by atoms with van der Waals surface area (Å²) in [6, 6.07) is 14.6. The summed E-state index contributed by atoms with van der Waals surface area (Å²) >= 11 is 0. The molecule has 0 saturated heterocycles. The molecule has 2 saturated carbocycles. The average Bonchev–Trinajstić information content (AvgIpc) is 3.62. The SMILES string of the molecule is CC(=O)[C@]12Cc3cnn(-c4ccc(F)cc4)c3C=C1CC[C@H](N(C1CC1)S(=O)(=O)c1ccccc1)C2. The molecule has 2 fully saturated rings. The molecule has 6 rings (SSSR count). The van der Waals surface area contributed by atoms with E-state index in [0.717, 1.165) is 35.4 Å². The highest BCUT2D eigenvalue weighted by Gasteiger charge is 2.52. The molecule has 3 aromatic rings. The number of carbonyl (C=O) groups is 1. The number of sulfonamides is 1. The van der Waals surface area contributed by atoms with Crippen LogP contribution in [0.1, 0.15) is 50.3 Å². The number of nitrogens with zero attached hydrogens (tertiary/aromatic N) is 3. The zero-order valence-corrected chi connectivity index (χ0v) is 20.9. The summed E-state index contributed by atoms with van der Waals surface area (Å²) in [5.74, 6) is -0.246. The first-order valence-corrected chi connectivity index (χ1v) is 13.9. The van der Waals surface area contributed by atoms with Crippen molar-refractivity contribution < 1.29 is 17.6 Å². The maximum absolute atomic E-state index is 13.7. The van der Waals surface area contributed by atoms with Gasteiger partial charge in [0.2, 0.25) is 10.0 Å². The smallest absolute Gasteiger partial charge is 0.243 e. The third-order valence-corrected chi connectivity index (χ3v) is 9.98. The van der Waals surface area contributed by atoms with Gasteiger partial charge in [0.1, 0.15) is 11.6 Å². The number of hydrogen-bond donors (Lipinski definition) is 0. The number of fused-ring (bicyclic) bond motifs is 2. The number of halogens is 1. The predicted molar refractivity (Wildman–Crippen MR) is 134 cm³/mol. The zero-order chi connectivity index (χ0) is 25.1. The maximum atomic E-state index is 13.7. The first-order chi connectivity index (χ1) is 17.3. The zero-order valence-electron chi connectivity index (χ0n) is 20.1. The molecule has 2 aromatic carbocycles. The molecule has 2 atom stereocenters. The summed E-state index contributed by atoms with van der Waals surface area (Å²) in [6.45, 7) is 1.62. The first kappa shape index (κ1) is 23.3. The van der Waals surface area contributed by atoms with Gasteiger partial charge in [-0.05, 0) is 93.5 Å². The van der Waals surface area contributed by atoms with E-state index in [-0.39, 0.29) is 23.7 Å². The Morgan fingerprint density at radius 2 is 1.78 bits per heavy atom. The van der Waals surface area contributed by atoms with E-state index < -0.39 is 15.4 Å². The van der Waals surface area contributed by atoms with E-state index in [9.17, 15) is 17.6 Å². The highest BCUT2D eigenvalue weighted by Crippen LogP contribution is 2.51. The van der Waals surface area contributed by atoms with Gasteiger partial charge >= 0.3 is 0 Å². The lowest BCUT2D eigenvalue weighted by atomic mass is 9.61. The van der Waals surface area contributed by atoms with Gasteiger partial charge in [-0.25, -0.2) is 17.5 Å². The molecule has 8 heteroatoms. The molecule has 6 nitrogen and oxygen atoms in total. The lowest BCUT2D eigenvalue weighted by Gasteiger charge is -2.46. The van der Waals surface area contributed by atoms with Crippen LogP contribution in [0.4, 0.5) is 4.39 Å². The molecule has 0 radical (unpaired) electrons.